The number of amides is 1. The molecule has 0 aliphatic carbocycles. The summed E-state index contributed by atoms with van der Waals surface area (Å²) in [7, 11) is 0. The minimum Gasteiger partial charge on any atom is -0.507 e. The minimum atomic E-state index is 0.0291. The van der Waals surface area contributed by atoms with Gasteiger partial charge < -0.3 is 10.0 Å². The van der Waals surface area contributed by atoms with Gasteiger partial charge in [0.1, 0.15) is 5.75 Å². The number of aromatic hydroxyl groups is 1. The second kappa shape index (κ2) is 5.47. The summed E-state index contributed by atoms with van der Waals surface area (Å²) in [5, 5.41) is 9.70. The summed E-state index contributed by atoms with van der Waals surface area (Å²) in [6.45, 7) is 4.19. The third kappa shape index (κ3) is 2.63. The number of benzene rings is 1. The van der Waals surface area contributed by atoms with E-state index in [4.69, 9.17) is 0 Å². The smallest absolute Gasteiger partial charge is 0.254 e. The van der Waals surface area contributed by atoms with Gasteiger partial charge in [-0.3, -0.25) is 4.79 Å². The van der Waals surface area contributed by atoms with Crippen molar-refractivity contribution >= 4 is 28.5 Å². The number of nitrogens with zero attached hydrogens (tertiary/aromatic N) is 1. The van der Waals surface area contributed by atoms with Gasteiger partial charge in [0.2, 0.25) is 0 Å². The Kier molecular flexibility index (Phi) is 4.14. The van der Waals surface area contributed by atoms with E-state index in [1.54, 1.807) is 18.2 Å². The molecule has 4 heteroatoms. The molecule has 2 atom stereocenters. The lowest BCUT2D eigenvalue weighted by atomic mass is 9.96. The number of likely N-dealkylation sites (tertiary alicyclic amines) is 1. The first kappa shape index (κ1) is 13.6. The van der Waals surface area contributed by atoms with Crippen LogP contribution in [0.3, 0.4) is 0 Å². The molecule has 2 unspecified atom stereocenters. The Balaban J connectivity index is 2.26. The summed E-state index contributed by atoms with van der Waals surface area (Å²) in [4.78, 5) is 14.4. The van der Waals surface area contributed by atoms with E-state index in [2.05, 4.69) is 36.4 Å². The van der Waals surface area contributed by atoms with Crippen LogP contribution in [0.25, 0.3) is 0 Å². The first-order chi connectivity index (χ1) is 8.50. The predicted octanol–water partition coefficient (Wildman–Crippen LogP) is 3.40. The lowest BCUT2D eigenvalue weighted by molar-refractivity contribution is 0.0510. The largest absolute Gasteiger partial charge is 0.507 e. The molecular weight excluding hydrogens is 341 g/mol. The molecule has 0 aromatic heterocycles. The predicted molar refractivity (Wildman–Crippen MR) is 79.8 cm³/mol. The maximum absolute atomic E-state index is 12.5. The van der Waals surface area contributed by atoms with Crippen LogP contribution >= 0.6 is 22.6 Å². The van der Waals surface area contributed by atoms with Gasteiger partial charge in [0.25, 0.3) is 5.91 Å². The molecule has 1 amide bonds. The van der Waals surface area contributed by atoms with Crippen LogP contribution in [-0.4, -0.2) is 28.0 Å². The normalized spacial score (nSPS) is 24.1. The lowest BCUT2D eigenvalue weighted by Crippen LogP contribution is -2.47. The number of piperidine rings is 1. The summed E-state index contributed by atoms with van der Waals surface area (Å²) in [6.07, 6.45) is 3.31. The van der Waals surface area contributed by atoms with Gasteiger partial charge in [-0.15, -0.1) is 0 Å². The molecule has 1 aliphatic heterocycles. The van der Waals surface area contributed by atoms with Crippen molar-refractivity contribution in [1.29, 1.82) is 0 Å². The van der Waals surface area contributed by atoms with Gasteiger partial charge in [-0.05, 0) is 73.9 Å². The Labute approximate surface area is 121 Å². The van der Waals surface area contributed by atoms with Crippen molar-refractivity contribution in [3.05, 3.63) is 27.3 Å². The molecule has 3 nitrogen and oxygen atoms in total. The second-order valence-electron chi connectivity index (χ2n) is 5.01. The summed E-state index contributed by atoms with van der Waals surface area (Å²) >= 11 is 2.05. The lowest BCUT2D eigenvalue weighted by Gasteiger charge is -2.39. The Bertz CT molecular complexity index is 451. The molecule has 0 bridgehead atoms. The van der Waals surface area contributed by atoms with Gasteiger partial charge in [-0.2, -0.15) is 0 Å². The molecule has 1 saturated heterocycles. The standard InChI is InChI=1S/C14H18INO2/c1-9-4-3-5-10(2)16(9)14(18)11-6-7-12(15)13(17)8-11/h6-10,17H,3-5H2,1-2H3. The Morgan fingerprint density at radius 1 is 1.33 bits per heavy atom. The van der Waals surface area contributed by atoms with Gasteiger partial charge in [0.15, 0.2) is 0 Å². The number of phenols is 1. The van der Waals surface area contributed by atoms with Gasteiger partial charge in [-0.1, -0.05) is 0 Å². The van der Waals surface area contributed by atoms with E-state index in [9.17, 15) is 9.90 Å². The highest BCUT2D eigenvalue weighted by molar-refractivity contribution is 14.1. The van der Waals surface area contributed by atoms with E-state index in [1.165, 1.54) is 6.42 Å². The minimum absolute atomic E-state index is 0.0291. The monoisotopic (exact) mass is 359 g/mol. The number of phenolic OH excluding ortho intramolecular Hbond substituents is 1. The maximum atomic E-state index is 12.5. The van der Waals surface area contributed by atoms with Crippen LogP contribution in [0.15, 0.2) is 18.2 Å². The van der Waals surface area contributed by atoms with Crippen LogP contribution < -0.4 is 0 Å². The summed E-state index contributed by atoms with van der Waals surface area (Å²) in [6, 6.07) is 5.70. The third-order valence-corrected chi connectivity index (χ3v) is 4.53. The SMILES string of the molecule is CC1CCCC(C)N1C(=O)c1ccc(I)c(O)c1. The zero-order valence-corrected chi connectivity index (χ0v) is 12.8. The van der Waals surface area contributed by atoms with E-state index >= 15 is 0 Å². The topological polar surface area (TPSA) is 40.5 Å². The fourth-order valence-corrected chi connectivity index (χ4v) is 2.95. The molecule has 1 heterocycles. The van der Waals surface area contributed by atoms with Crippen LogP contribution in [0.2, 0.25) is 0 Å². The van der Waals surface area contributed by atoms with Crippen molar-refractivity contribution in [2.24, 2.45) is 0 Å². The number of hydrogen-bond acceptors (Lipinski definition) is 2. The van der Waals surface area contributed by atoms with Crippen LogP contribution in [0.5, 0.6) is 5.75 Å². The second-order valence-corrected chi connectivity index (χ2v) is 6.17. The van der Waals surface area contributed by atoms with E-state index in [0.29, 0.717) is 5.56 Å². The summed E-state index contributed by atoms with van der Waals surface area (Å²) in [5.41, 5.74) is 0.577. The highest BCUT2D eigenvalue weighted by Crippen LogP contribution is 2.27. The third-order valence-electron chi connectivity index (χ3n) is 3.62. The highest BCUT2D eigenvalue weighted by Gasteiger charge is 2.29. The Morgan fingerprint density at radius 3 is 2.50 bits per heavy atom. The van der Waals surface area contributed by atoms with E-state index in [-0.39, 0.29) is 23.7 Å². The van der Waals surface area contributed by atoms with Crippen molar-refractivity contribution in [2.45, 2.75) is 45.2 Å². The molecule has 98 valence electrons. The molecular formula is C14H18INO2. The highest BCUT2D eigenvalue weighted by atomic mass is 127. The fraction of sp³-hybridized carbons (Fsp3) is 0.500. The zero-order valence-electron chi connectivity index (χ0n) is 10.7. The van der Waals surface area contributed by atoms with Crippen LogP contribution in [-0.2, 0) is 0 Å². The van der Waals surface area contributed by atoms with Crippen molar-refractivity contribution in [1.82, 2.24) is 4.90 Å². The van der Waals surface area contributed by atoms with Crippen LogP contribution in [0, 0.1) is 3.57 Å². The van der Waals surface area contributed by atoms with Crippen molar-refractivity contribution in [3.63, 3.8) is 0 Å². The van der Waals surface area contributed by atoms with Gasteiger partial charge in [-0.25, -0.2) is 0 Å². The van der Waals surface area contributed by atoms with Crippen molar-refractivity contribution < 1.29 is 9.90 Å². The fourth-order valence-electron chi connectivity index (χ4n) is 2.62. The van der Waals surface area contributed by atoms with Crippen molar-refractivity contribution in [2.75, 3.05) is 0 Å². The van der Waals surface area contributed by atoms with Crippen molar-refractivity contribution in [3.8, 4) is 5.75 Å². The number of carbonyl (C=O) groups is 1. The first-order valence-corrected chi connectivity index (χ1v) is 7.39. The molecule has 1 aromatic carbocycles. The van der Waals surface area contributed by atoms with Gasteiger partial charge in [0.05, 0.1) is 3.57 Å². The van der Waals surface area contributed by atoms with E-state index in [0.717, 1.165) is 16.4 Å². The first-order valence-electron chi connectivity index (χ1n) is 6.32. The number of rotatable bonds is 1. The molecule has 18 heavy (non-hydrogen) atoms. The Hall–Kier alpha value is -0.780. The van der Waals surface area contributed by atoms with Gasteiger partial charge in [0, 0.05) is 17.6 Å². The van der Waals surface area contributed by atoms with E-state index < -0.39 is 0 Å². The van der Waals surface area contributed by atoms with Gasteiger partial charge >= 0.3 is 0 Å². The molecule has 0 radical (unpaired) electrons. The Morgan fingerprint density at radius 2 is 1.94 bits per heavy atom. The zero-order chi connectivity index (χ0) is 13.3. The average Bonchev–Trinajstić information content (AvgIpc) is 2.32. The molecule has 1 aliphatic rings. The van der Waals surface area contributed by atoms with E-state index in [1.807, 2.05) is 4.90 Å². The quantitative estimate of drug-likeness (QED) is 0.781. The molecule has 1 N–H and O–H groups in total. The number of hydrogen-bond donors (Lipinski definition) is 1. The van der Waals surface area contributed by atoms with Crippen LogP contribution in [0.4, 0.5) is 0 Å². The summed E-state index contributed by atoms with van der Waals surface area (Å²) in [5.74, 6) is 0.208. The molecule has 0 saturated carbocycles. The number of halogens is 1. The summed E-state index contributed by atoms with van der Waals surface area (Å²) < 4.78 is 0.767. The maximum Gasteiger partial charge on any atom is 0.254 e. The van der Waals surface area contributed by atoms with Crippen LogP contribution in [0.1, 0.15) is 43.5 Å². The number of carbonyl (C=O) groups excluding carboxylic acids is 1. The molecule has 1 aromatic rings. The molecule has 2 rings (SSSR count). The molecule has 0 spiro atoms. The average molecular weight is 359 g/mol. The molecule has 1 fully saturated rings.